The summed E-state index contributed by atoms with van der Waals surface area (Å²) in [5, 5.41) is 0.0204. The minimum atomic E-state index is -0.892. The Morgan fingerprint density at radius 3 is 2.45 bits per heavy atom. The smallest absolute Gasteiger partial charge is 0.334 e. The molecule has 0 bridgehead atoms. The zero-order valence-corrected chi connectivity index (χ0v) is 20.0. The molecule has 2 rings (SSSR count). The molecule has 0 N–H and O–H groups in total. The number of anilines is 1. The number of carbonyl (C=O) groups is 4. The monoisotopic (exact) mass is 497 g/mol. The summed E-state index contributed by atoms with van der Waals surface area (Å²) in [6.45, 7) is 6.47. The van der Waals surface area contributed by atoms with Crippen molar-refractivity contribution in [3.8, 4) is 0 Å². The largest absolute Gasteiger partial charge is 0.465 e. The number of amides is 2. The van der Waals surface area contributed by atoms with Gasteiger partial charge >= 0.3 is 11.9 Å². The highest BCUT2D eigenvalue weighted by atomic mass is 35.5. The fraction of sp³-hybridized carbons (Fsp3) is 0.391. The highest BCUT2D eigenvalue weighted by Gasteiger charge is 2.32. The van der Waals surface area contributed by atoms with Crippen molar-refractivity contribution in [2.45, 2.75) is 44.4 Å². The van der Waals surface area contributed by atoms with E-state index in [-0.39, 0.29) is 47.2 Å². The Morgan fingerprint density at radius 2 is 1.85 bits per heavy atom. The molecule has 178 valence electrons. The van der Waals surface area contributed by atoms with Crippen LogP contribution < -0.4 is 4.90 Å². The summed E-state index contributed by atoms with van der Waals surface area (Å²) in [6.07, 6.45) is 3.28. The lowest BCUT2D eigenvalue weighted by Gasteiger charge is -2.25. The van der Waals surface area contributed by atoms with E-state index in [0.29, 0.717) is 29.1 Å². The molecule has 10 heteroatoms. The molecule has 1 aliphatic rings. The summed E-state index contributed by atoms with van der Waals surface area (Å²) in [6, 6.07) is 2.21. The molecule has 1 aliphatic carbocycles. The molecule has 0 saturated carbocycles. The molecule has 0 radical (unpaired) electrons. The molecule has 0 unspecified atom stereocenters. The van der Waals surface area contributed by atoms with Crippen LogP contribution in [-0.2, 0) is 28.7 Å². The lowest BCUT2D eigenvalue weighted by atomic mass is 9.90. The Morgan fingerprint density at radius 1 is 1.18 bits per heavy atom. The van der Waals surface area contributed by atoms with Crippen LogP contribution in [0.5, 0.6) is 0 Å². The SMILES string of the molecule is C=CCOC(=O)C1=C(C(=O)N(C(C)=O)c2cc(SCC(=O)OCC)c(Cl)cc2F)CCCC1. The van der Waals surface area contributed by atoms with E-state index in [1.54, 1.807) is 6.92 Å². The second-order valence-corrected chi connectivity index (χ2v) is 8.46. The minimum Gasteiger partial charge on any atom is -0.465 e. The van der Waals surface area contributed by atoms with Crippen molar-refractivity contribution in [1.82, 2.24) is 0 Å². The van der Waals surface area contributed by atoms with E-state index < -0.39 is 29.6 Å². The number of rotatable bonds is 9. The van der Waals surface area contributed by atoms with E-state index in [2.05, 4.69) is 6.58 Å². The third-order valence-corrected chi connectivity index (χ3v) is 6.17. The van der Waals surface area contributed by atoms with Crippen LogP contribution in [0, 0.1) is 5.82 Å². The summed E-state index contributed by atoms with van der Waals surface area (Å²) in [5.41, 5.74) is -0.0358. The number of benzene rings is 1. The van der Waals surface area contributed by atoms with Crippen LogP contribution in [0.15, 0.2) is 40.8 Å². The van der Waals surface area contributed by atoms with Gasteiger partial charge in [-0.3, -0.25) is 14.4 Å². The second kappa shape index (κ2) is 12.6. The summed E-state index contributed by atoms with van der Waals surface area (Å²) in [5.74, 6) is -3.66. The Bertz CT molecular complexity index is 993. The van der Waals surface area contributed by atoms with Crippen molar-refractivity contribution in [3.05, 3.63) is 46.8 Å². The van der Waals surface area contributed by atoms with Gasteiger partial charge in [0.25, 0.3) is 5.91 Å². The van der Waals surface area contributed by atoms with Gasteiger partial charge in [0, 0.05) is 23.0 Å². The highest BCUT2D eigenvalue weighted by Crippen LogP contribution is 2.36. The Hall–Kier alpha value is -2.65. The molecular weight excluding hydrogens is 473 g/mol. The molecule has 0 spiro atoms. The first-order valence-electron chi connectivity index (χ1n) is 10.3. The summed E-state index contributed by atoms with van der Waals surface area (Å²) in [4.78, 5) is 50.9. The molecule has 0 aliphatic heterocycles. The van der Waals surface area contributed by atoms with E-state index in [1.807, 2.05) is 0 Å². The van der Waals surface area contributed by atoms with Gasteiger partial charge in [-0.15, -0.1) is 11.8 Å². The number of ether oxygens (including phenoxy) is 2. The van der Waals surface area contributed by atoms with Crippen LogP contribution in [0.4, 0.5) is 10.1 Å². The maximum atomic E-state index is 14.9. The van der Waals surface area contributed by atoms with Crippen LogP contribution in [0.1, 0.15) is 39.5 Å². The van der Waals surface area contributed by atoms with Gasteiger partial charge in [-0.1, -0.05) is 24.3 Å². The van der Waals surface area contributed by atoms with Gasteiger partial charge in [-0.2, -0.15) is 0 Å². The first-order valence-corrected chi connectivity index (χ1v) is 11.7. The van der Waals surface area contributed by atoms with Crippen LogP contribution >= 0.6 is 23.4 Å². The van der Waals surface area contributed by atoms with Gasteiger partial charge in [-0.05, 0) is 44.7 Å². The average Bonchev–Trinajstić information content (AvgIpc) is 2.78. The van der Waals surface area contributed by atoms with Gasteiger partial charge in [0.2, 0.25) is 5.91 Å². The van der Waals surface area contributed by atoms with Gasteiger partial charge in [0.05, 0.1) is 23.1 Å². The third kappa shape index (κ3) is 6.91. The molecule has 0 atom stereocenters. The van der Waals surface area contributed by atoms with Crippen LogP contribution in [0.25, 0.3) is 0 Å². The fourth-order valence-electron chi connectivity index (χ4n) is 3.29. The van der Waals surface area contributed by atoms with Gasteiger partial charge < -0.3 is 9.47 Å². The summed E-state index contributed by atoms with van der Waals surface area (Å²) >= 11 is 7.10. The molecule has 0 saturated heterocycles. The van der Waals surface area contributed by atoms with Gasteiger partial charge in [0.1, 0.15) is 12.4 Å². The maximum Gasteiger partial charge on any atom is 0.334 e. The summed E-state index contributed by atoms with van der Waals surface area (Å²) in [7, 11) is 0. The zero-order chi connectivity index (χ0) is 24.5. The standard InChI is InChI=1S/C23H25ClFNO6S/c1-4-10-32-23(30)16-9-7-6-8-15(16)22(29)26(14(3)27)19-12-20(17(24)11-18(19)25)33-13-21(28)31-5-2/h4,11-12H,1,5-10,13H2,2-3H3. The number of carbonyl (C=O) groups excluding carboxylic acids is 4. The van der Waals surface area contributed by atoms with E-state index in [0.717, 1.165) is 24.8 Å². The lowest BCUT2D eigenvalue weighted by molar-refractivity contribution is -0.140. The predicted molar refractivity (Wildman–Crippen MR) is 124 cm³/mol. The van der Waals surface area contributed by atoms with E-state index in [4.69, 9.17) is 21.1 Å². The molecule has 2 amide bonds. The molecule has 0 heterocycles. The predicted octanol–water partition coefficient (Wildman–Crippen LogP) is 4.61. The number of hydrogen-bond acceptors (Lipinski definition) is 7. The lowest BCUT2D eigenvalue weighted by Crippen LogP contribution is -2.38. The number of nitrogens with zero attached hydrogens (tertiary/aromatic N) is 1. The topological polar surface area (TPSA) is 90.0 Å². The third-order valence-electron chi connectivity index (χ3n) is 4.72. The van der Waals surface area contributed by atoms with Crippen molar-refractivity contribution < 1.29 is 33.0 Å². The highest BCUT2D eigenvalue weighted by molar-refractivity contribution is 8.00. The maximum absolute atomic E-state index is 14.9. The minimum absolute atomic E-state index is 0.0204. The number of hydrogen-bond donors (Lipinski definition) is 0. The first-order chi connectivity index (χ1) is 15.7. The van der Waals surface area contributed by atoms with Crippen molar-refractivity contribution in [2.75, 3.05) is 23.9 Å². The van der Waals surface area contributed by atoms with Crippen LogP contribution in [0.2, 0.25) is 5.02 Å². The van der Waals surface area contributed by atoms with E-state index in [9.17, 15) is 23.6 Å². The van der Waals surface area contributed by atoms with Crippen LogP contribution in [0.3, 0.4) is 0 Å². The Kier molecular flexibility index (Phi) is 10.1. The Balaban J connectivity index is 2.45. The molecule has 7 nitrogen and oxygen atoms in total. The van der Waals surface area contributed by atoms with Crippen LogP contribution in [-0.4, -0.2) is 42.7 Å². The number of thioether (sulfide) groups is 1. The second-order valence-electron chi connectivity index (χ2n) is 7.04. The van der Waals surface area contributed by atoms with Gasteiger partial charge in [-0.25, -0.2) is 14.1 Å². The van der Waals surface area contributed by atoms with Crippen molar-refractivity contribution in [2.24, 2.45) is 0 Å². The molecule has 1 aromatic rings. The molecule has 33 heavy (non-hydrogen) atoms. The van der Waals surface area contributed by atoms with E-state index >= 15 is 0 Å². The molecule has 0 aromatic heterocycles. The average molecular weight is 498 g/mol. The number of halogens is 2. The fourth-order valence-corrected chi connectivity index (χ4v) is 4.35. The molecule has 1 aromatic carbocycles. The van der Waals surface area contributed by atoms with Crippen molar-refractivity contribution in [1.29, 1.82) is 0 Å². The van der Waals surface area contributed by atoms with E-state index in [1.165, 1.54) is 12.1 Å². The first kappa shape index (κ1) is 26.6. The summed E-state index contributed by atoms with van der Waals surface area (Å²) < 4.78 is 24.8. The molecule has 0 fully saturated rings. The number of esters is 2. The van der Waals surface area contributed by atoms with Crippen molar-refractivity contribution >= 4 is 52.8 Å². The van der Waals surface area contributed by atoms with Gasteiger partial charge in [0.15, 0.2) is 0 Å². The number of imide groups is 1. The zero-order valence-electron chi connectivity index (χ0n) is 18.4. The molecular formula is C23H25ClFNO6S. The Labute approximate surface area is 200 Å². The normalized spacial score (nSPS) is 13.3. The van der Waals surface area contributed by atoms with Crippen molar-refractivity contribution in [3.63, 3.8) is 0 Å². The quantitative estimate of drug-likeness (QED) is 0.279.